The Morgan fingerprint density at radius 1 is 1.10 bits per heavy atom. The van der Waals surface area contributed by atoms with Gasteiger partial charge in [-0.25, -0.2) is 4.99 Å². The Bertz CT molecular complexity index is 819. The van der Waals surface area contributed by atoms with Gasteiger partial charge in [0.2, 0.25) is 5.91 Å². The second kappa shape index (κ2) is 11.6. The molecule has 0 aliphatic carbocycles. The van der Waals surface area contributed by atoms with Crippen LogP contribution in [0.3, 0.4) is 0 Å². The SMILES string of the molecule is CN(C)C(=O)CNC(=NCc1ccc(Sc2ccccc2)cc1)NCC1CCOC1. The summed E-state index contributed by atoms with van der Waals surface area (Å²) >= 11 is 1.74. The third kappa shape index (κ3) is 7.39. The fourth-order valence-corrected chi connectivity index (χ4v) is 3.77. The lowest BCUT2D eigenvalue weighted by Gasteiger charge is -2.16. The highest BCUT2D eigenvalue weighted by Gasteiger charge is 2.16. The fourth-order valence-electron chi connectivity index (χ4n) is 2.93. The number of ether oxygens (including phenoxy) is 1. The van der Waals surface area contributed by atoms with Crippen LogP contribution in [0.4, 0.5) is 0 Å². The molecule has 1 atom stereocenters. The summed E-state index contributed by atoms with van der Waals surface area (Å²) in [6, 6.07) is 18.8. The molecule has 1 unspecified atom stereocenters. The third-order valence-electron chi connectivity index (χ3n) is 4.81. The van der Waals surface area contributed by atoms with Gasteiger partial charge in [-0.15, -0.1) is 0 Å². The number of nitrogens with one attached hydrogen (secondary N) is 2. The van der Waals surface area contributed by atoms with E-state index in [0.29, 0.717) is 18.4 Å². The highest BCUT2D eigenvalue weighted by atomic mass is 32.2. The molecule has 2 N–H and O–H groups in total. The molecule has 6 nitrogen and oxygen atoms in total. The van der Waals surface area contributed by atoms with Crippen LogP contribution in [-0.2, 0) is 16.1 Å². The highest BCUT2D eigenvalue weighted by Crippen LogP contribution is 2.27. The number of nitrogens with zero attached hydrogens (tertiary/aromatic N) is 2. The number of carbonyl (C=O) groups excluding carboxylic acids is 1. The van der Waals surface area contributed by atoms with Gasteiger partial charge in [-0.2, -0.15) is 0 Å². The van der Waals surface area contributed by atoms with Gasteiger partial charge >= 0.3 is 0 Å². The predicted molar refractivity (Wildman–Crippen MR) is 122 cm³/mol. The van der Waals surface area contributed by atoms with E-state index in [1.165, 1.54) is 9.79 Å². The van der Waals surface area contributed by atoms with Gasteiger partial charge in [0.05, 0.1) is 19.7 Å². The Balaban J connectivity index is 1.57. The number of amides is 1. The van der Waals surface area contributed by atoms with E-state index in [1.807, 2.05) is 18.2 Å². The summed E-state index contributed by atoms with van der Waals surface area (Å²) in [5.74, 6) is 1.15. The van der Waals surface area contributed by atoms with E-state index < -0.39 is 0 Å². The molecule has 1 aliphatic rings. The van der Waals surface area contributed by atoms with Gasteiger partial charge in [0, 0.05) is 43.0 Å². The molecular weight excluding hydrogens is 396 g/mol. The largest absolute Gasteiger partial charge is 0.381 e. The molecule has 0 radical (unpaired) electrons. The quantitative estimate of drug-likeness (QED) is 0.502. The van der Waals surface area contributed by atoms with Crippen molar-refractivity contribution in [3.8, 4) is 0 Å². The molecule has 2 aromatic carbocycles. The zero-order valence-corrected chi connectivity index (χ0v) is 18.5. The number of hydrogen-bond acceptors (Lipinski definition) is 4. The summed E-state index contributed by atoms with van der Waals surface area (Å²) in [7, 11) is 3.50. The molecular formula is C23H30N4O2S. The fraction of sp³-hybridized carbons (Fsp3) is 0.391. The van der Waals surface area contributed by atoms with Crippen molar-refractivity contribution in [2.75, 3.05) is 40.4 Å². The van der Waals surface area contributed by atoms with Gasteiger partial charge in [0.25, 0.3) is 0 Å². The second-order valence-corrected chi connectivity index (χ2v) is 8.62. The van der Waals surface area contributed by atoms with E-state index in [2.05, 4.69) is 52.0 Å². The Hall–Kier alpha value is -2.51. The van der Waals surface area contributed by atoms with Crippen molar-refractivity contribution in [2.24, 2.45) is 10.9 Å². The molecule has 2 aromatic rings. The standard InChI is InChI=1S/C23H30N4O2S/c1-27(2)22(28)16-26-23(25-15-19-12-13-29-17-19)24-14-18-8-10-21(11-9-18)30-20-6-4-3-5-7-20/h3-11,19H,12-17H2,1-2H3,(H2,24,25,26). The number of hydrogen-bond donors (Lipinski definition) is 2. The molecule has 1 fully saturated rings. The molecule has 1 saturated heterocycles. The van der Waals surface area contributed by atoms with Crippen LogP contribution in [0, 0.1) is 5.92 Å². The van der Waals surface area contributed by atoms with E-state index in [0.717, 1.165) is 31.7 Å². The van der Waals surface area contributed by atoms with Crippen LogP contribution in [0.1, 0.15) is 12.0 Å². The van der Waals surface area contributed by atoms with Crippen LogP contribution >= 0.6 is 11.8 Å². The molecule has 1 amide bonds. The van der Waals surface area contributed by atoms with Crippen molar-refractivity contribution < 1.29 is 9.53 Å². The summed E-state index contributed by atoms with van der Waals surface area (Å²) in [6.07, 6.45) is 1.05. The van der Waals surface area contributed by atoms with Crippen molar-refractivity contribution in [2.45, 2.75) is 22.8 Å². The number of benzene rings is 2. The zero-order chi connectivity index (χ0) is 21.2. The molecule has 0 aromatic heterocycles. The monoisotopic (exact) mass is 426 g/mol. The highest BCUT2D eigenvalue weighted by molar-refractivity contribution is 7.99. The van der Waals surface area contributed by atoms with Crippen LogP contribution in [0.5, 0.6) is 0 Å². The topological polar surface area (TPSA) is 66.0 Å². The smallest absolute Gasteiger partial charge is 0.241 e. The molecule has 3 rings (SSSR count). The van der Waals surface area contributed by atoms with E-state index in [-0.39, 0.29) is 12.5 Å². The van der Waals surface area contributed by atoms with Crippen LogP contribution in [0.2, 0.25) is 0 Å². The number of aliphatic imine (C=N–C) groups is 1. The van der Waals surface area contributed by atoms with E-state index in [1.54, 1.807) is 30.8 Å². The van der Waals surface area contributed by atoms with E-state index in [9.17, 15) is 4.79 Å². The van der Waals surface area contributed by atoms with Crippen molar-refractivity contribution in [1.82, 2.24) is 15.5 Å². The maximum absolute atomic E-state index is 11.9. The summed E-state index contributed by atoms with van der Waals surface area (Å²) in [5, 5.41) is 6.50. The zero-order valence-electron chi connectivity index (χ0n) is 17.6. The minimum atomic E-state index is 0.0102. The van der Waals surface area contributed by atoms with Crippen LogP contribution in [0.15, 0.2) is 69.4 Å². The van der Waals surface area contributed by atoms with Crippen molar-refractivity contribution in [3.63, 3.8) is 0 Å². The second-order valence-electron chi connectivity index (χ2n) is 7.48. The van der Waals surface area contributed by atoms with Crippen molar-refractivity contribution in [1.29, 1.82) is 0 Å². The minimum absolute atomic E-state index is 0.0102. The Morgan fingerprint density at radius 2 is 1.83 bits per heavy atom. The molecule has 0 bridgehead atoms. The van der Waals surface area contributed by atoms with E-state index in [4.69, 9.17) is 4.74 Å². The van der Waals surface area contributed by atoms with Crippen LogP contribution in [0.25, 0.3) is 0 Å². The molecule has 1 heterocycles. The van der Waals surface area contributed by atoms with Gasteiger partial charge in [0.15, 0.2) is 5.96 Å². The molecule has 1 aliphatic heterocycles. The number of rotatable bonds is 8. The van der Waals surface area contributed by atoms with Gasteiger partial charge in [-0.1, -0.05) is 42.1 Å². The molecule has 160 valence electrons. The summed E-state index contributed by atoms with van der Waals surface area (Å²) in [6.45, 7) is 3.14. The van der Waals surface area contributed by atoms with Gasteiger partial charge in [-0.05, 0) is 36.2 Å². The average molecular weight is 427 g/mol. The first kappa shape index (κ1) is 22.2. The summed E-state index contributed by atoms with van der Waals surface area (Å²) in [4.78, 5) is 20.6. The maximum Gasteiger partial charge on any atom is 0.241 e. The molecule has 30 heavy (non-hydrogen) atoms. The molecule has 7 heteroatoms. The van der Waals surface area contributed by atoms with Gasteiger partial charge in [0.1, 0.15) is 0 Å². The Labute approximate surface area is 183 Å². The number of carbonyl (C=O) groups is 1. The van der Waals surface area contributed by atoms with Gasteiger partial charge in [-0.3, -0.25) is 4.79 Å². The maximum atomic E-state index is 11.9. The summed E-state index contributed by atoms with van der Waals surface area (Å²) < 4.78 is 5.44. The van der Waals surface area contributed by atoms with Crippen molar-refractivity contribution in [3.05, 3.63) is 60.2 Å². The first-order valence-corrected chi connectivity index (χ1v) is 11.0. The van der Waals surface area contributed by atoms with Crippen molar-refractivity contribution >= 4 is 23.6 Å². The van der Waals surface area contributed by atoms with E-state index >= 15 is 0 Å². The lowest BCUT2D eigenvalue weighted by atomic mass is 10.1. The Morgan fingerprint density at radius 3 is 2.50 bits per heavy atom. The lowest BCUT2D eigenvalue weighted by Crippen LogP contribution is -2.44. The first-order chi connectivity index (χ1) is 14.6. The lowest BCUT2D eigenvalue weighted by molar-refractivity contribution is -0.127. The third-order valence-corrected chi connectivity index (χ3v) is 5.83. The Kier molecular flexibility index (Phi) is 8.59. The minimum Gasteiger partial charge on any atom is -0.381 e. The number of guanidine groups is 1. The number of likely N-dealkylation sites (N-methyl/N-ethyl adjacent to an activating group) is 1. The summed E-state index contributed by atoms with van der Waals surface area (Å²) in [5.41, 5.74) is 1.12. The van der Waals surface area contributed by atoms with Crippen LogP contribution < -0.4 is 10.6 Å². The average Bonchev–Trinajstić information content (AvgIpc) is 3.28. The normalized spacial score (nSPS) is 16.3. The van der Waals surface area contributed by atoms with Gasteiger partial charge < -0.3 is 20.3 Å². The molecule has 0 saturated carbocycles. The van der Waals surface area contributed by atoms with Crippen LogP contribution in [-0.4, -0.2) is 57.2 Å². The molecule has 0 spiro atoms. The predicted octanol–water partition coefficient (Wildman–Crippen LogP) is 3.00. The first-order valence-electron chi connectivity index (χ1n) is 10.2.